The lowest BCUT2D eigenvalue weighted by Crippen LogP contribution is -2.12. The molecule has 2 aromatic carbocycles. The molecule has 6 heteroatoms. The Labute approximate surface area is 114 Å². The smallest absolute Gasteiger partial charge is 0.256 e. The van der Waals surface area contributed by atoms with Gasteiger partial charge in [-0.15, -0.1) is 0 Å². The number of nitrogens with one attached hydrogen (secondary N) is 1. The number of amides is 1. The second-order valence-electron chi connectivity index (χ2n) is 3.82. The van der Waals surface area contributed by atoms with Gasteiger partial charge in [0.25, 0.3) is 5.91 Å². The molecule has 0 saturated heterocycles. The Kier molecular flexibility index (Phi) is 3.98. The summed E-state index contributed by atoms with van der Waals surface area (Å²) >= 11 is 0. The van der Waals surface area contributed by atoms with Gasteiger partial charge >= 0.3 is 0 Å². The molecule has 0 bridgehead atoms. The van der Waals surface area contributed by atoms with Crippen LogP contribution in [0.4, 0.5) is 11.4 Å². The highest BCUT2D eigenvalue weighted by Crippen LogP contribution is 2.21. The summed E-state index contributed by atoms with van der Waals surface area (Å²) < 4.78 is 0. The third kappa shape index (κ3) is 2.75. The summed E-state index contributed by atoms with van der Waals surface area (Å²) in [6, 6.07) is 15.1. The van der Waals surface area contributed by atoms with Gasteiger partial charge in [0.05, 0.1) is 16.9 Å². The molecule has 6 nitrogen and oxygen atoms in total. The molecule has 1 N–H and O–H groups in total. The highest BCUT2D eigenvalue weighted by molar-refractivity contribution is 6.08. The zero-order valence-electron chi connectivity index (χ0n) is 10.3. The van der Waals surface area contributed by atoms with Crippen molar-refractivity contribution in [3.8, 4) is 6.07 Å². The Hall–Kier alpha value is -3.29. The largest absolute Gasteiger partial charge is 0.321 e. The topological polar surface area (TPSA) is 102 Å². The molecule has 20 heavy (non-hydrogen) atoms. The maximum atomic E-state index is 12.2. The lowest BCUT2D eigenvalue weighted by Gasteiger charge is -2.08. The Morgan fingerprint density at radius 1 is 1.20 bits per heavy atom. The minimum atomic E-state index is -0.435. The molecule has 0 atom stereocenters. The molecule has 1 amide bonds. The van der Waals surface area contributed by atoms with E-state index in [1.54, 1.807) is 48.5 Å². The molecule has 0 aliphatic heterocycles. The maximum absolute atomic E-state index is 12.2. The highest BCUT2D eigenvalue weighted by Gasteiger charge is 2.11. The van der Waals surface area contributed by atoms with Gasteiger partial charge in [-0.2, -0.15) is 5.26 Å². The Bertz CT molecular complexity index is 741. The highest BCUT2D eigenvalue weighted by atomic mass is 16.1. The van der Waals surface area contributed by atoms with Gasteiger partial charge in [-0.25, -0.2) is 0 Å². The minimum Gasteiger partial charge on any atom is -0.321 e. The first-order chi connectivity index (χ1) is 9.76. The van der Waals surface area contributed by atoms with E-state index in [9.17, 15) is 4.79 Å². The van der Waals surface area contributed by atoms with Gasteiger partial charge in [0.1, 0.15) is 6.07 Å². The summed E-state index contributed by atoms with van der Waals surface area (Å²) in [5, 5.41) is 15.1. The molecule has 0 aliphatic carbocycles. The van der Waals surface area contributed by atoms with Crippen molar-refractivity contribution < 1.29 is 4.79 Å². The SMILES string of the molecule is N#Cc1ccccc1NC(=O)c1ccccc1N=[N+]=[N-]. The second-order valence-corrected chi connectivity index (χ2v) is 3.82. The number of benzene rings is 2. The van der Waals surface area contributed by atoms with Crippen LogP contribution in [0.2, 0.25) is 0 Å². The summed E-state index contributed by atoms with van der Waals surface area (Å²) in [7, 11) is 0. The number of hydrogen-bond acceptors (Lipinski definition) is 3. The second kappa shape index (κ2) is 6.05. The van der Waals surface area contributed by atoms with E-state index in [4.69, 9.17) is 10.8 Å². The van der Waals surface area contributed by atoms with E-state index >= 15 is 0 Å². The van der Waals surface area contributed by atoms with E-state index in [0.29, 0.717) is 11.3 Å². The molecule has 0 aliphatic rings. The van der Waals surface area contributed by atoms with Gasteiger partial charge < -0.3 is 5.32 Å². The molecular formula is C14H9N5O. The molecule has 0 radical (unpaired) electrons. The number of nitrogens with zero attached hydrogens (tertiary/aromatic N) is 4. The summed E-state index contributed by atoms with van der Waals surface area (Å²) in [4.78, 5) is 14.9. The van der Waals surface area contributed by atoms with Crippen molar-refractivity contribution in [3.63, 3.8) is 0 Å². The van der Waals surface area contributed by atoms with Gasteiger partial charge in [-0.05, 0) is 23.7 Å². The molecule has 0 heterocycles. The molecule has 0 fully saturated rings. The standard InChI is InChI=1S/C14H9N5O/c15-9-10-5-1-3-7-12(10)17-14(20)11-6-2-4-8-13(11)18-19-16/h1-8H,(H,17,20). The van der Waals surface area contributed by atoms with Gasteiger partial charge in [-0.3, -0.25) is 4.79 Å². The predicted octanol–water partition coefficient (Wildman–Crippen LogP) is 3.75. The van der Waals surface area contributed by atoms with Crippen molar-refractivity contribution >= 4 is 17.3 Å². The van der Waals surface area contributed by atoms with Crippen LogP contribution < -0.4 is 5.32 Å². The first kappa shape index (κ1) is 13.1. The van der Waals surface area contributed by atoms with E-state index in [0.717, 1.165) is 0 Å². The van der Waals surface area contributed by atoms with E-state index in [1.807, 2.05) is 6.07 Å². The zero-order chi connectivity index (χ0) is 14.4. The van der Waals surface area contributed by atoms with Crippen LogP contribution in [-0.2, 0) is 0 Å². The fraction of sp³-hybridized carbons (Fsp3) is 0. The summed E-state index contributed by atoms with van der Waals surface area (Å²) in [5.41, 5.74) is 9.74. The quantitative estimate of drug-likeness (QED) is 0.517. The normalized spacial score (nSPS) is 9.15. The Balaban J connectivity index is 2.34. The van der Waals surface area contributed by atoms with Crippen LogP contribution in [0.1, 0.15) is 15.9 Å². The molecule has 2 aromatic rings. The van der Waals surface area contributed by atoms with E-state index in [1.165, 1.54) is 0 Å². The van der Waals surface area contributed by atoms with Gasteiger partial charge in [0.2, 0.25) is 0 Å². The van der Waals surface area contributed by atoms with Crippen molar-refractivity contribution in [1.29, 1.82) is 5.26 Å². The Morgan fingerprint density at radius 2 is 1.90 bits per heavy atom. The van der Waals surface area contributed by atoms with Crippen LogP contribution in [-0.4, -0.2) is 5.91 Å². The van der Waals surface area contributed by atoms with E-state index in [-0.39, 0.29) is 11.3 Å². The van der Waals surface area contributed by atoms with E-state index < -0.39 is 5.91 Å². The fourth-order valence-corrected chi connectivity index (χ4v) is 1.68. The number of rotatable bonds is 3. The van der Waals surface area contributed by atoms with Crippen LogP contribution in [0.3, 0.4) is 0 Å². The Morgan fingerprint density at radius 3 is 2.65 bits per heavy atom. The van der Waals surface area contributed by atoms with Crippen molar-refractivity contribution in [1.82, 2.24) is 0 Å². The molecule has 0 aromatic heterocycles. The minimum absolute atomic E-state index is 0.238. The number of carbonyl (C=O) groups is 1. The average Bonchev–Trinajstić information content (AvgIpc) is 2.48. The average molecular weight is 263 g/mol. The fourth-order valence-electron chi connectivity index (χ4n) is 1.68. The van der Waals surface area contributed by atoms with Crippen molar-refractivity contribution in [3.05, 3.63) is 70.1 Å². The maximum Gasteiger partial charge on any atom is 0.256 e. The summed E-state index contributed by atoms with van der Waals surface area (Å²) in [6.07, 6.45) is 0. The van der Waals surface area contributed by atoms with Crippen LogP contribution >= 0.6 is 0 Å². The van der Waals surface area contributed by atoms with Crippen LogP contribution in [0.25, 0.3) is 10.4 Å². The van der Waals surface area contributed by atoms with Crippen molar-refractivity contribution in [2.75, 3.05) is 5.32 Å². The number of para-hydroxylation sites is 1. The molecule has 0 saturated carbocycles. The van der Waals surface area contributed by atoms with Gasteiger partial charge in [-0.1, -0.05) is 35.4 Å². The monoisotopic (exact) mass is 263 g/mol. The lowest BCUT2D eigenvalue weighted by molar-refractivity contribution is 0.102. The predicted molar refractivity (Wildman–Crippen MR) is 74.4 cm³/mol. The van der Waals surface area contributed by atoms with Crippen LogP contribution in [0, 0.1) is 11.3 Å². The first-order valence-corrected chi connectivity index (χ1v) is 5.71. The summed E-state index contributed by atoms with van der Waals surface area (Å²) in [5.74, 6) is -0.435. The third-order valence-electron chi connectivity index (χ3n) is 2.60. The number of hydrogen-bond donors (Lipinski definition) is 1. The van der Waals surface area contributed by atoms with Crippen molar-refractivity contribution in [2.45, 2.75) is 0 Å². The molecule has 96 valence electrons. The first-order valence-electron chi connectivity index (χ1n) is 5.71. The van der Waals surface area contributed by atoms with Gasteiger partial charge in [0.15, 0.2) is 0 Å². The van der Waals surface area contributed by atoms with Crippen LogP contribution in [0.15, 0.2) is 53.6 Å². The number of anilines is 1. The van der Waals surface area contributed by atoms with Crippen LogP contribution in [0.5, 0.6) is 0 Å². The molecular weight excluding hydrogens is 254 g/mol. The summed E-state index contributed by atoms with van der Waals surface area (Å²) in [6.45, 7) is 0. The third-order valence-corrected chi connectivity index (χ3v) is 2.60. The number of carbonyl (C=O) groups excluding carboxylic acids is 1. The molecule has 2 rings (SSSR count). The number of nitriles is 1. The lowest BCUT2D eigenvalue weighted by atomic mass is 10.1. The zero-order valence-corrected chi connectivity index (χ0v) is 10.3. The number of azide groups is 1. The van der Waals surface area contributed by atoms with Crippen molar-refractivity contribution in [2.24, 2.45) is 5.11 Å². The molecule has 0 spiro atoms. The van der Waals surface area contributed by atoms with E-state index in [2.05, 4.69) is 15.3 Å². The molecule has 0 unspecified atom stereocenters. The van der Waals surface area contributed by atoms with Gasteiger partial charge in [0, 0.05) is 10.5 Å².